The van der Waals surface area contributed by atoms with Gasteiger partial charge in [-0.2, -0.15) is 17.9 Å². The van der Waals surface area contributed by atoms with Crippen LogP contribution in [0.25, 0.3) is 0 Å². The first-order chi connectivity index (χ1) is 12.2. The summed E-state index contributed by atoms with van der Waals surface area (Å²) >= 11 is 5.69. The van der Waals surface area contributed by atoms with Gasteiger partial charge in [0.05, 0.1) is 11.6 Å². The lowest BCUT2D eigenvalue weighted by atomic mass is 10.2. The van der Waals surface area contributed by atoms with Crippen LogP contribution in [0.15, 0.2) is 28.0 Å². The number of anilines is 1. The lowest BCUT2D eigenvalue weighted by Crippen LogP contribution is -2.40. The third-order valence-electron chi connectivity index (χ3n) is 2.88. The fourth-order valence-electron chi connectivity index (χ4n) is 1.86. The molecule has 13 heteroatoms. The minimum Gasteiger partial charge on any atom is -0.409 e. The Morgan fingerprint density at radius 1 is 1.42 bits per heavy atom. The highest BCUT2D eigenvalue weighted by atomic mass is 35.5. The average molecular weight is 407 g/mol. The van der Waals surface area contributed by atoms with E-state index in [0.717, 1.165) is 6.07 Å². The molecule has 0 aliphatic heterocycles. The van der Waals surface area contributed by atoms with Gasteiger partial charge in [0, 0.05) is 11.7 Å². The molecule has 0 saturated heterocycles. The maximum absolute atomic E-state index is 13.2. The number of nitrogens with one attached hydrogen (secondary N) is 3. The molecule has 10 nitrogen and oxygen atoms in total. The number of rotatable bonds is 7. The molecular formula is C13H16ClFN6O4S. The van der Waals surface area contributed by atoms with Crippen LogP contribution >= 0.6 is 11.6 Å². The van der Waals surface area contributed by atoms with Gasteiger partial charge in [-0.05, 0) is 37.2 Å². The van der Waals surface area contributed by atoms with Crippen molar-refractivity contribution in [2.24, 2.45) is 5.16 Å². The Balaban J connectivity index is 2.15. The molecule has 1 heterocycles. The summed E-state index contributed by atoms with van der Waals surface area (Å²) in [4.78, 5) is 0. The van der Waals surface area contributed by atoms with Crippen molar-refractivity contribution in [2.75, 3.05) is 5.32 Å². The summed E-state index contributed by atoms with van der Waals surface area (Å²) in [6.45, 7) is 3.05. The molecule has 2 rings (SSSR count). The zero-order chi connectivity index (χ0) is 19.3. The van der Waals surface area contributed by atoms with Crippen molar-refractivity contribution in [2.45, 2.75) is 26.4 Å². The number of amidine groups is 1. The Labute approximate surface area is 153 Å². The number of aromatic nitrogens is 2. The number of nitrogens with zero attached hydrogens (tertiary/aromatic N) is 3. The second-order valence-electron chi connectivity index (χ2n) is 5.36. The third-order valence-corrected chi connectivity index (χ3v) is 4.48. The normalized spacial score (nSPS) is 12.6. The Bertz CT molecular complexity index is 902. The van der Waals surface area contributed by atoms with E-state index in [1.165, 1.54) is 12.1 Å². The van der Waals surface area contributed by atoms with Gasteiger partial charge >= 0.3 is 0 Å². The molecule has 4 N–H and O–H groups in total. The summed E-state index contributed by atoms with van der Waals surface area (Å²) in [6, 6.07) is 3.44. The average Bonchev–Trinajstić information content (AvgIpc) is 3.01. The van der Waals surface area contributed by atoms with Crippen LogP contribution < -0.4 is 14.8 Å². The van der Waals surface area contributed by atoms with Crippen molar-refractivity contribution in [3.05, 3.63) is 40.4 Å². The molecule has 142 valence electrons. The summed E-state index contributed by atoms with van der Waals surface area (Å²) < 4.78 is 46.0. The van der Waals surface area contributed by atoms with E-state index in [2.05, 4.69) is 34.9 Å². The van der Waals surface area contributed by atoms with Crippen molar-refractivity contribution in [3.63, 3.8) is 0 Å². The van der Waals surface area contributed by atoms with Gasteiger partial charge in [0.25, 0.3) is 10.2 Å². The molecule has 0 bridgehead atoms. The third kappa shape index (κ3) is 5.36. The minimum absolute atomic E-state index is 0.0415. The highest BCUT2D eigenvalue weighted by molar-refractivity contribution is 7.87. The minimum atomic E-state index is -3.77. The Morgan fingerprint density at radius 2 is 2.15 bits per heavy atom. The van der Waals surface area contributed by atoms with Gasteiger partial charge in [-0.1, -0.05) is 21.9 Å². The number of benzene rings is 1. The van der Waals surface area contributed by atoms with Gasteiger partial charge in [0.1, 0.15) is 11.5 Å². The van der Waals surface area contributed by atoms with E-state index in [1.54, 1.807) is 13.8 Å². The second-order valence-corrected chi connectivity index (χ2v) is 7.30. The van der Waals surface area contributed by atoms with Crippen molar-refractivity contribution in [3.8, 4) is 0 Å². The summed E-state index contributed by atoms with van der Waals surface area (Å²) in [5, 5.41) is 21.9. The number of hydrogen-bond donors (Lipinski definition) is 4. The van der Waals surface area contributed by atoms with Gasteiger partial charge in [0.2, 0.25) is 5.84 Å². The van der Waals surface area contributed by atoms with Gasteiger partial charge in [-0.3, -0.25) is 0 Å². The first-order valence-electron chi connectivity index (χ1n) is 7.24. The van der Waals surface area contributed by atoms with E-state index in [4.69, 9.17) is 11.6 Å². The monoisotopic (exact) mass is 406 g/mol. The predicted molar refractivity (Wildman–Crippen MR) is 91.7 cm³/mol. The fraction of sp³-hybridized carbons (Fsp3) is 0.308. The van der Waals surface area contributed by atoms with Crippen molar-refractivity contribution in [1.29, 1.82) is 0 Å². The van der Waals surface area contributed by atoms with Gasteiger partial charge in [-0.25, -0.2) is 9.02 Å². The lowest BCUT2D eigenvalue weighted by molar-refractivity contribution is 0.300. The summed E-state index contributed by atoms with van der Waals surface area (Å²) in [6.07, 6.45) is 0. The lowest BCUT2D eigenvalue weighted by Gasteiger charge is -2.10. The van der Waals surface area contributed by atoms with Crippen LogP contribution in [0.3, 0.4) is 0 Å². The summed E-state index contributed by atoms with van der Waals surface area (Å²) in [7, 11) is -3.77. The molecule has 26 heavy (non-hydrogen) atoms. The quantitative estimate of drug-likeness (QED) is 0.236. The number of halogens is 2. The molecule has 0 saturated carbocycles. The first-order valence-corrected chi connectivity index (χ1v) is 9.11. The highest BCUT2D eigenvalue weighted by Crippen LogP contribution is 2.20. The second kappa shape index (κ2) is 8.40. The maximum Gasteiger partial charge on any atom is 0.277 e. The molecule has 0 aliphatic rings. The zero-order valence-corrected chi connectivity index (χ0v) is 15.3. The molecule has 2 aromatic rings. The summed E-state index contributed by atoms with van der Waals surface area (Å²) in [5.74, 6) is -0.810. The van der Waals surface area contributed by atoms with Crippen molar-refractivity contribution >= 4 is 33.3 Å². The largest absolute Gasteiger partial charge is 0.409 e. The molecule has 0 amide bonds. The van der Waals surface area contributed by atoms with Crippen LogP contribution in [0.2, 0.25) is 5.02 Å². The van der Waals surface area contributed by atoms with Crippen LogP contribution in [-0.4, -0.2) is 35.8 Å². The van der Waals surface area contributed by atoms with Gasteiger partial charge < -0.3 is 10.5 Å². The molecule has 0 spiro atoms. The van der Waals surface area contributed by atoms with Crippen LogP contribution in [0, 0.1) is 5.82 Å². The number of hydrogen-bond acceptors (Lipinski definition) is 7. The van der Waals surface area contributed by atoms with Crippen LogP contribution in [-0.2, 0) is 16.8 Å². The Kier molecular flexibility index (Phi) is 6.47. The van der Waals surface area contributed by atoms with E-state index >= 15 is 0 Å². The first kappa shape index (κ1) is 20.0. The molecule has 0 atom stereocenters. The highest BCUT2D eigenvalue weighted by Gasteiger charge is 2.20. The van der Waals surface area contributed by atoms with Gasteiger partial charge in [0.15, 0.2) is 5.69 Å². The van der Waals surface area contributed by atoms with E-state index in [9.17, 15) is 18.0 Å². The molecular weight excluding hydrogens is 391 g/mol. The predicted octanol–water partition coefficient (Wildman–Crippen LogP) is 1.44. The van der Waals surface area contributed by atoms with E-state index in [-0.39, 0.29) is 34.8 Å². The SMILES string of the molecule is CC(C)NS(=O)(=O)NCc1nonc1/C(=N\O)Nc1ccc(F)c(Cl)c1. The number of oxime groups is 1. The standard InChI is InChI=1S/C13H16ClFN6O4S/c1-7(2)21-26(23,24)16-6-11-12(20-25-19-11)13(18-22)17-8-3-4-10(15)9(14)5-8/h3-5,7,16,21-22H,6H2,1-2H3,(H,17,18). The topological polar surface area (TPSA) is 142 Å². The molecule has 1 aromatic heterocycles. The Morgan fingerprint density at radius 3 is 2.77 bits per heavy atom. The Hall–Kier alpha value is -2.28. The molecule has 0 fully saturated rings. The smallest absolute Gasteiger partial charge is 0.277 e. The zero-order valence-electron chi connectivity index (χ0n) is 13.7. The summed E-state index contributed by atoms with van der Waals surface area (Å²) in [5.41, 5.74) is 0.327. The van der Waals surface area contributed by atoms with Crippen molar-refractivity contribution < 1.29 is 22.6 Å². The molecule has 1 aromatic carbocycles. The van der Waals surface area contributed by atoms with Crippen LogP contribution in [0.4, 0.5) is 10.1 Å². The van der Waals surface area contributed by atoms with Crippen LogP contribution in [0.5, 0.6) is 0 Å². The van der Waals surface area contributed by atoms with E-state index in [1.807, 2.05) is 0 Å². The maximum atomic E-state index is 13.2. The molecule has 0 aliphatic carbocycles. The van der Waals surface area contributed by atoms with E-state index < -0.39 is 16.0 Å². The molecule has 0 unspecified atom stereocenters. The van der Waals surface area contributed by atoms with Crippen LogP contribution in [0.1, 0.15) is 25.2 Å². The van der Waals surface area contributed by atoms with Crippen molar-refractivity contribution in [1.82, 2.24) is 19.8 Å². The molecule has 0 radical (unpaired) electrons. The fourth-order valence-corrected chi connectivity index (χ4v) is 3.07. The van der Waals surface area contributed by atoms with E-state index in [0.29, 0.717) is 5.69 Å². The van der Waals surface area contributed by atoms with Gasteiger partial charge in [-0.15, -0.1) is 0 Å².